The Labute approximate surface area is 191 Å². The van der Waals surface area contributed by atoms with Gasteiger partial charge in [-0.05, 0) is 104 Å². The Morgan fingerprint density at radius 2 is 1.91 bits per heavy atom. The van der Waals surface area contributed by atoms with Crippen molar-refractivity contribution in [2.24, 2.45) is 57.1 Å². The van der Waals surface area contributed by atoms with Gasteiger partial charge < -0.3 is 5.73 Å². The lowest BCUT2D eigenvalue weighted by atomic mass is 9.49. The molecule has 8 unspecified atom stereocenters. The van der Waals surface area contributed by atoms with Gasteiger partial charge in [0.1, 0.15) is 18.0 Å². The van der Waals surface area contributed by atoms with Crippen molar-refractivity contribution in [3.8, 4) is 0 Å². The lowest BCUT2D eigenvalue weighted by molar-refractivity contribution is -0.129. The van der Waals surface area contributed by atoms with Gasteiger partial charge in [0.25, 0.3) is 0 Å². The number of halogens is 1. The molecule has 0 radical (unpaired) electrons. The molecule has 4 nitrogen and oxygen atoms in total. The molecule has 1 aromatic rings. The third-order valence-corrected chi connectivity index (χ3v) is 10.0. The van der Waals surface area contributed by atoms with Gasteiger partial charge in [-0.15, -0.1) is 0 Å². The highest BCUT2D eigenvalue weighted by atomic mass is 19.1. The number of hydrogen-bond donors (Lipinski definition) is 1. The van der Waals surface area contributed by atoms with Gasteiger partial charge in [-0.1, -0.05) is 26.3 Å². The maximum Gasteiger partial charge on any atom is 0.159 e. The number of carbonyl (C=O) groups is 1. The lowest BCUT2D eigenvalue weighted by Gasteiger charge is -2.56. The molecule has 4 saturated carbocycles. The number of para-hydroxylation sites is 1. The molecule has 0 aromatic heterocycles. The van der Waals surface area contributed by atoms with Crippen molar-refractivity contribution in [2.45, 2.75) is 71.6 Å². The Morgan fingerprint density at radius 1 is 1.09 bits per heavy atom. The number of azo groups is 1. The number of nitrogens with zero attached hydrogens (tertiary/aromatic N) is 2. The second-order valence-corrected chi connectivity index (χ2v) is 11.6. The number of fused-ring (bicyclic) bond motifs is 5. The molecule has 8 atom stereocenters. The van der Waals surface area contributed by atoms with E-state index in [4.69, 9.17) is 5.73 Å². The highest BCUT2D eigenvalue weighted by molar-refractivity contribution is 5.84. The van der Waals surface area contributed by atoms with Crippen LogP contribution in [0, 0.1) is 52.7 Å². The molecular weight excluding hydrogens is 401 g/mol. The van der Waals surface area contributed by atoms with Crippen LogP contribution < -0.4 is 5.73 Å². The Hall–Kier alpha value is -1.78. The largest absolute Gasteiger partial charge is 0.395 e. The summed E-state index contributed by atoms with van der Waals surface area (Å²) < 4.78 is 13.6. The summed E-state index contributed by atoms with van der Waals surface area (Å²) in [7, 11) is 0. The Bertz CT molecular complexity index is 901. The molecule has 4 aliphatic carbocycles. The smallest absolute Gasteiger partial charge is 0.159 e. The van der Waals surface area contributed by atoms with Crippen molar-refractivity contribution in [3.05, 3.63) is 24.0 Å². The summed E-state index contributed by atoms with van der Waals surface area (Å²) >= 11 is 0. The van der Waals surface area contributed by atoms with Crippen LogP contribution in [0.2, 0.25) is 0 Å². The molecule has 4 fully saturated rings. The van der Waals surface area contributed by atoms with Gasteiger partial charge in [-0.25, -0.2) is 4.39 Å². The number of nitrogen functional groups attached to an aromatic ring is 1. The fourth-order valence-electron chi connectivity index (χ4n) is 8.52. The van der Waals surface area contributed by atoms with Gasteiger partial charge in [-0.2, -0.15) is 10.2 Å². The summed E-state index contributed by atoms with van der Waals surface area (Å²) in [4.78, 5) is 13.2. The fraction of sp³-hybridized carbons (Fsp3) is 0.741. The standard InChI is InChI=1S/C27H38FN3O/c1-16-6-8-18-17(14-16)7-9-20-19(18)12-13-27(2)21(20)10-11-22(27)25(32)15-30-31-24-5-3-4-23(28)26(24)29/h3-5,16-22H,6-15,29H2,1-2H3. The van der Waals surface area contributed by atoms with Crippen LogP contribution in [0.25, 0.3) is 0 Å². The summed E-state index contributed by atoms with van der Waals surface area (Å²) in [6.07, 6.45) is 11.7. The number of carbonyl (C=O) groups excluding carboxylic acids is 1. The van der Waals surface area contributed by atoms with Gasteiger partial charge in [-0.3, -0.25) is 4.79 Å². The maximum atomic E-state index is 13.6. The third kappa shape index (κ3) is 3.70. The number of hydrogen-bond acceptors (Lipinski definition) is 4. The van der Waals surface area contributed by atoms with E-state index in [1.165, 1.54) is 57.4 Å². The van der Waals surface area contributed by atoms with Crippen LogP contribution in [-0.4, -0.2) is 12.3 Å². The molecule has 2 N–H and O–H groups in total. The molecule has 0 saturated heterocycles. The van der Waals surface area contributed by atoms with Crippen molar-refractivity contribution in [3.63, 3.8) is 0 Å². The molecule has 5 rings (SSSR count). The number of anilines is 1. The Kier molecular flexibility index (Phi) is 5.88. The van der Waals surface area contributed by atoms with E-state index in [1.54, 1.807) is 12.1 Å². The molecule has 174 valence electrons. The van der Waals surface area contributed by atoms with Crippen LogP contribution >= 0.6 is 0 Å². The summed E-state index contributed by atoms with van der Waals surface area (Å²) in [5, 5.41) is 8.19. The van der Waals surface area contributed by atoms with E-state index in [0.717, 1.165) is 36.0 Å². The Morgan fingerprint density at radius 3 is 2.75 bits per heavy atom. The third-order valence-electron chi connectivity index (χ3n) is 10.0. The van der Waals surface area contributed by atoms with Crippen LogP contribution in [0.3, 0.4) is 0 Å². The first kappa shape index (κ1) is 22.0. The summed E-state index contributed by atoms with van der Waals surface area (Å²) in [5.41, 5.74) is 6.13. The normalized spacial score (nSPS) is 41.2. The van der Waals surface area contributed by atoms with Crippen LogP contribution in [-0.2, 0) is 4.79 Å². The molecule has 5 heteroatoms. The maximum absolute atomic E-state index is 13.6. The Balaban J connectivity index is 1.26. The van der Waals surface area contributed by atoms with E-state index >= 15 is 0 Å². The molecule has 0 spiro atoms. The first-order valence-corrected chi connectivity index (χ1v) is 12.8. The van der Waals surface area contributed by atoms with Gasteiger partial charge in [0.15, 0.2) is 5.78 Å². The number of benzene rings is 1. The van der Waals surface area contributed by atoms with Crippen molar-refractivity contribution < 1.29 is 9.18 Å². The average molecular weight is 440 g/mol. The predicted octanol–water partition coefficient (Wildman–Crippen LogP) is 6.97. The van der Waals surface area contributed by atoms with Crippen LogP contribution in [0.4, 0.5) is 15.8 Å². The summed E-state index contributed by atoms with van der Waals surface area (Å²) in [6.45, 7) is 4.90. The second kappa shape index (κ2) is 8.53. The number of ketones is 1. The van der Waals surface area contributed by atoms with E-state index in [2.05, 4.69) is 24.1 Å². The van der Waals surface area contributed by atoms with E-state index in [0.29, 0.717) is 11.6 Å². The van der Waals surface area contributed by atoms with E-state index in [-0.39, 0.29) is 29.3 Å². The number of nitrogens with two attached hydrogens (primary N) is 1. The molecule has 0 heterocycles. The zero-order valence-corrected chi connectivity index (χ0v) is 19.6. The van der Waals surface area contributed by atoms with Crippen LogP contribution in [0.1, 0.15) is 71.6 Å². The van der Waals surface area contributed by atoms with Gasteiger partial charge in [0, 0.05) is 5.92 Å². The highest BCUT2D eigenvalue weighted by Gasteiger charge is 2.58. The van der Waals surface area contributed by atoms with Crippen LogP contribution in [0.5, 0.6) is 0 Å². The minimum absolute atomic E-state index is 0.0115. The lowest BCUT2D eigenvalue weighted by Crippen LogP contribution is -2.49. The van der Waals surface area contributed by atoms with Crippen LogP contribution in [0.15, 0.2) is 28.4 Å². The average Bonchev–Trinajstić information content (AvgIpc) is 3.13. The minimum atomic E-state index is -0.502. The SMILES string of the molecule is CC1CCC2C(CCC3C2CCC2(C)C(C(=O)CN=Nc4cccc(F)c4N)CCC32)C1. The van der Waals surface area contributed by atoms with Crippen molar-refractivity contribution >= 4 is 17.2 Å². The fourth-order valence-corrected chi connectivity index (χ4v) is 8.52. The number of Topliss-reactive ketones (excluding diaryl/α,β-unsaturated/α-hetero) is 1. The van der Waals surface area contributed by atoms with Gasteiger partial charge >= 0.3 is 0 Å². The quantitative estimate of drug-likeness (QED) is 0.407. The topological polar surface area (TPSA) is 67.8 Å². The molecule has 4 aliphatic rings. The highest BCUT2D eigenvalue weighted by Crippen LogP contribution is 2.64. The van der Waals surface area contributed by atoms with Gasteiger partial charge in [0.2, 0.25) is 0 Å². The van der Waals surface area contributed by atoms with E-state index < -0.39 is 5.82 Å². The second-order valence-electron chi connectivity index (χ2n) is 11.6. The zero-order valence-electron chi connectivity index (χ0n) is 19.6. The minimum Gasteiger partial charge on any atom is -0.395 e. The van der Waals surface area contributed by atoms with E-state index in [1.807, 2.05) is 0 Å². The molecule has 0 amide bonds. The molecular formula is C27H38FN3O. The molecule has 0 bridgehead atoms. The van der Waals surface area contributed by atoms with E-state index in [9.17, 15) is 9.18 Å². The first-order chi connectivity index (χ1) is 15.4. The van der Waals surface area contributed by atoms with Crippen molar-refractivity contribution in [1.29, 1.82) is 0 Å². The van der Waals surface area contributed by atoms with Crippen molar-refractivity contribution in [1.82, 2.24) is 0 Å². The zero-order chi connectivity index (χ0) is 22.5. The summed E-state index contributed by atoms with van der Waals surface area (Å²) in [5.74, 6) is 4.98. The molecule has 0 aliphatic heterocycles. The monoisotopic (exact) mass is 439 g/mol. The summed E-state index contributed by atoms with van der Waals surface area (Å²) in [6, 6.07) is 4.49. The van der Waals surface area contributed by atoms with Crippen molar-refractivity contribution in [2.75, 3.05) is 12.3 Å². The van der Waals surface area contributed by atoms with Gasteiger partial charge in [0.05, 0.1) is 5.69 Å². The molecule has 1 aromatic carbocycles. The first-order valence-electron chi connectivity index (χ1n) is 12.8. The molecule has 32 heavy (non-hydrogen) atoms. The number of rotatable bonds is 4. The predicted molar refractivity (Wildman–Crippen MR) is 125 cm³/mol.